The Morgan fingerprint density at radius 2 is 1.46 bits per heavy atom. The van der Waals surface area contributed by atoms with E-state index in [-0.39, 0.29) is 11.3 Å². The summed E-state index contributed by atoms with van der Waals surface area (Å²) in [6.07, 6.45) is 4.00. The Balaban J connectivity index is 1.29. The van der Waals surface area contributed by atoms with Gasteiger partial charge in [0.05, 0.1) is 11.0 Å². The molecule has 1 aliphatic rings. The van der Waals surface area contributed by atoms with Gasteiger partial charge in [-0.15, -0.1) is 11.8 Å². The molecule has 4 aromatic rings. The Morgan fingerprint density at radius 1 is 0.811 bits per heavy atom. The third-order valence-electron chi connectivity index (χ3n) is 5.73. The van der Waals surface area contributed by atoms with Crippen molar-refractivity contribution in [3.05, 3.63) is 149 Å². The molecule has 0 fully saturated rings. The summed E-state index contributed by atoms with van der Waals surface area (Å²) in [5.74, 6) is 0.541. The highest BCUT2D eigenvalue weighted by atomic mass is 35.5. The summed E-state index contributed by atoms with van der Waals surface area (Å²) in [6.45, 7) is 0. The molecule has 0 saturated carbocycles. The van der Waals surface area contributed by atoms with Crippen molar-refractivity contribution in [1.82, 2.24) is 16.3 Å². The summed E-state index contributed by atoms with van der Waals surface area (Å²) in [6, 6.07) is 38.4. The van der Waals surface area contributed by atoms with Crippen molar-refractivity contribution >= 4 is 35.0 Å². The van der Waals surface area contributed by atoms with E-state index in [1.165, 1.54) is 5.56 Å². The predicted octanol–water partition coefficient (Wildman–Crippen LogP) is 6.89. The zero-order valence-electron chi connectivity index (χ0n) is 20.0. The zero-order valence-corrected chi connectivity index (χ0v) is 21.5. The maximum Gasteiger partial charge on any atom is 0.232 e. The lowest BCUT2D eigenvalue weighted by atomic mass is 9.97. The third-order valence-corrected chi connectivity index (χ3v) is 7.21. The van der Waals surface area contributed by atoms with Crippen molar-refractivity contribution in [2.24, 2.45) is 10.1 Å². The number of hydrazine groups is 1. The number of rotatable bonds is 8. The average Bonchev–Trinajstić information content (AvgIpc) is 2.97. The molecule has 0 amide bonds. The third kappa shape index (κ3) is 6.61. The van der Waals surface area contributed by atoms with Gasteiger partial charge in [-0.1, -0.05) is 103 Å². The van der Waals surface area contributed by atoms with Gasteiger partial charge in [0, 0.05) is 21.7 Å². The first kappa shape index (κ1) is 24.7. The number of thioether (sulfide) groups is 1. The highest BCUT2D eigenvalue weighted by Gasteiger charge is 2.23. The molecule has 37 heavy (non-hydrogen) atoms. The van der Waals surface area contributed by atoms with E-state index in [2.05, 4.69) is 63.9 Å². The van der Waals surface area contributed by atoms with E-state index in [4.69, 9.17) is 16.6 Å². The molecular weight excluding hydrogens is 498 g/mol. The van der Waals surface area contributed by atoms with Gasteiger partial charge in [-0.25, -0.2) is 10.4 Å². The van der Waals surface area contributed by atoms with Crippen LogP contribution in [0.5, 0.6) is 0 Å². The van der Waals surface area contributed by atoms with E-state index in [1.54, 1.807) is 11.8 Å². The van der Waals surface area contributed by atoms with Crippen LogP contribution in [0.25, 0.3) is 0 Å². The van der Waals surface area contributed by atoms with E-state index in [0.717, 1.165) is 26.8 Å². The molecule has 4 aromatic carbocycles. The summed E-state index contributed by atoms with van der Waals surface area (Å²) in [5, 5.41) is 5.50. The van der Waals surface area contributed by atoms with Gasteiger partial charge in [0.15, 0.2) is 0 Å². The minimum absolute atomic E-state index is 0.109. The first-order chi connectivity index (χ1) is 18.3. The van der Waals surface area contributed by atoms with Crippen LogP contribution < -0.4 is 16.3 Å². The topological polar surface area (TPSA) is 60.8 Å². The monoisotopic (exact) mass is 523 g/mol. The number of hydrogen-bond acceptors (Lipinski definition) is 6. The van der Waals surface area contributed by atoms with Crippen LogP contribution in [0.1, 0.15) is 28.0 Å². The van der Waals surface area contributed by atoms with Crippen LogP contribution in [0.2, 0.25) is 5.02 Å². The molecule has 0 bridgehead atoms. The number of hydrogen-bond donors (Lipinski definition) is 3. The predicted molar refractivity (Wildman–Crippen MR) is 155 cm³/mol. The average molecular weight is 524 g/mol. The molecule has 184 valence electrons. The number of halogens is 1. The summed E-state index contributed by atoms with van der Waals surface area (Å²) in [7, 11) is 0. The lowest BCUT2D eigenvalue weighted by Crippen LogP contribution is -2.44. The summed E-state index contributed by atoms with van der Waals surface area (Å²) in [5.41, 5.74) is 13.5. The Labute approximate surface area is 226 Å². The molecule has 0 spiro atoms. The molecule has 0 saturated heterocycles. The molecule has 1 heterocycles. The highest BCUT2D eigenvalue weighted by molar-refractivity contribution is 7.99. The van der Waals surface area contributed by atoms with E-state index < -0.39 is 0 Å². The molecule has 0 aromatic heterocycles. The maximum atomic E-state index is 6.07. The lowest BCUT2D eigenvalue weighted by molar-refractivity contribution is 0.735. The standard InChI is InChI=1S/C30H26ClN5S/c31-25-16-18-26(19-17-25)37-27(22-10-4-1-5-11-22)20-21-32-35-30-33-28(23-12-6-2-7-13-23)29(34-36-30)24-14-8-3-9-15-24/h1-21,27-28,32H,(H2,33,35,36)/b21-20-/t27-,28-/m0/s1. The Hall–Kier alpha value is -4.00. The molecule has 5 nitrogen and oxygen atoms in total. The Bertz CT molecular complexity index is 1370. The molecule has 3 N–H and O–H groups in total. The fourth-order valence-corrected chi connectivity index (χ4v) is 5.08. The second-order valence-electron chi connectivity index (χ2n) is 8.30. The lowest BCUT2D eigenvalue weighted by Gasteiger charge is -2.23. The van der Waals surface area contributed by atoms with Crippen LogP contribution in [0, 0.1) is 0 Å². The van der Waals surface area contributed by atoms with Crippen LogP contribution in [0.4, 0.5) is 0 Å². The van der Waals surface area contributed by atoms with Crippen molar-refractivity contribution in [2.75, 3.05) is 0 Å². The van der Waals surface area contributed by atoms with Gasteiger partial charge >= 0.3 is 0 Å². The molecular formula is C30H26ClN5S. The van der Waals surface area contributed by atoms with Crippen LogP contribution >= 0.6 is 23.4 Å². The summed E-state index contributed by atoms with van der Waals surface area (Å²) in [4.78, 5) is 6.05. The first-order valence-corrected chi connectivity index (χ1v) is 13.2. The molecule has 1 aliphatic heterocycles. The van der Waals surface area contributed by atoms with Crippen molar-refractivity contribution in [2.45, 2.75) is 16.2 Å². The largest absolute Gasteiger partial charge is 0.306 e. The van der Waals surface area contributed by atoms with Gasteiger partial charge in [-0.3, -0.25) is 5.43 Å². The van der Waals surface area contributed by atoms with E-state index >= 15 is 0 Å². The second-order valence-corrected chi connectivity index (χ2v) is 9.95. The van der Waals surface area contributed by atoms with Crippen LogP contribution in [0.15, 0.2) is 143 Å². The quantitative estimate of drug-likeness (QED) is 0.174. The molecule has 5 rings (SSSR count). The van der Waals surface area contributed by atoms with Gasteiger partial charge in [0.2, 0.25) is 5.96 Å². The zero-order chi connectivity index (χ0) is 25.3. The van der Waals surface area contributed by atoms with Crippen molar-refractivity contribution in [1.29, 1.82) is 0 Å². The number of nitrogens with zero attached hydrogens (tertiary/aromatic N) is 2. The van der Waals surface area contributed by atoms with Gasteiger partial charge in [-0.05, 0) is 41.5 Å². The molecule has 0 unspecified atom stereocenters. The number of hydrazone groups is 1. The Kier molecular flexibility index (Phi) is 8.21. The number of aliphatic imine (C=N–C) groups is 1. The van der Waals surface area contributed by atoms with Gasteiger partial charge < -0.3 is 5.43 Å². The van der Waals surface area contributed by atoms with E-state index in [9.17, 15) is 0 Å². The van der Waals surface area contributed by atoms with Crippen molar-refractivity contribution in [3.8, 4) is 0 Å². The molecule has 7 heteroatoms. The van der Waals surface area contributed by atoms with E-state index in [0.29, 0.717) is 5.96 Å². The smallest absolute Gasteiger partial charge is 0.232 e. The number of benzene rings is 4. The fraction of sp³-hybridized carbons (Fsp3) is 0.0667. The Morgan fingerprint density at radius 3 is 2.16 bits per heavy atom. The van der Waals surface area contributed by atoms with Crippen LogP contribution in [-0.2, 0) is 0 Å². The summed E-state index contributed by atoms with van der Waals surface area (Å²) >= 11 is 7.82. The first-order valence-electron chi connectivity index (χ1n) is 11.9. The van der Waals surface area contributed by atoms with Crippen molar-refractivity contribution < 1.29 is 0 Å². The van der Waals surface area contributed by atoms with Gasteiger partial charge in [0.1, 0.15) is 6.04 Å². The fourth-order valence-electron chi connectivity index (χ4n) is 3.92. The van der Waals surface area contributed by atoms with E-state index in [1.807, 2.05) is 85.1 Å². The summed E-state index contributed by atoms with van der Waals surface area (Å²) < 4.78 is 0. The number of nitrogens with one attached hydrogen (secondary N) is 3. The van der Waals surface area contributed by atoms with Crippen LogP contribution in [0.3, 0.4) is 0 Å². The van der Waals surface area contributed by atoms with Crippen molar-refractivity contribution in [3.63, 3.8) is 0 Å². The molecule has 0 radical (unpaired) electrons. The minimum atomic E-state index is -0.226. The molecule has 2 atom stereocenters. The minimum Gasteiger partial charge on any atom is -0.306 e. The normalized spacial score (nSPS) is 15.9. The second kappa shape index (κ2) is 12.3. The van der Waals surface area contributed by atoms with Crippen LogP contribution in [-0.4, -0.2) is 11.7 Å². The molecule has 0 aliphatic carbocycles. The highest BCUT2D eigenvalue weighted by Crippen LogP contribution is 2.36. The van der Waals surface area contributed by atoms with Gasteiger partial charge in [-0.2, -0.15) is 5.10 Å². The SMILES string of the molecule is Clc1ccc(S[C@@H](/C=C\NNC2=N[C@@H](c3ccccc3)C(c3ccccc3)=NN2)c2ccccc2)cc1. The maximum absolute atomic E-state index is 6.07. The van der Waals surface area contributed by atoms with Gasteiger partial charge in [0.25, 0.3) is 0 Å². The number of guanidine groups is 1.